The fraction of sp³-hybridized carbons (Fsp3) is 0. The Morgan fingerprint density at radius 3 is 2.93 bits per heavy atom. The van der Waals surface area contributed by atoms with Gasteiger partial charge in [-0.25, -0.2) is 0 Å². The van der Waals surface area contributed by atoms with Crippen molar-refractivity contribution in [3.05, 3.63) is 29.8 Å². The summed E-state index contributed by atoms with van der Waals surface area (Å²) in [6, 6.07) is 7.42. The second kappa shape index (κ2) is 3.40. The summed E-state index contributed by atoms with van der Waals surface area (Å²) >= 11 is 4.75. The van der Waals surface area contributed by atoms with Gasteiger partial charge in [0.1, 0.15) is 0 Å². The first-order chi connectivity index (χ1) is 6.70. The van der Waals surface area contributed by atoms with Crippen molar-refractivity contribution in [1.82, 2.24) is 4.92 Å². The molecule has 0 aliphatic carbocycles. The van der Waals surface area contributed by atoms with Crippen LogP contribution >= 0.6 is 12.2 Å². The van der Waals surface area contributed by atoms with Crippen molar-refractivity contribution in [3.8, 4) is 0 Å². The highest BCUT2D eigenvalue weighted by molar-refractivity contribution is 7.80. The zero-order chi connectivity index (χ0) is 10.1. The van der Waals surface area contributed by atoms with Gasteiger partial charge in [-0.15, -0.1) is 0 Å². The zero-order valence-corrected chi connectivity index (χ0v) is 8.11. The van der Waals surface area contributed by atoms with E-state index in [1.807, 2.05) is 24.3 Å². The third-order valence-corrected chi connectivity index (χ3v) is 2.24. The summed E-state index contributed by atoms with van der Waals surface area (Å²) in [5, 5.41) is 13.8. The Morgan fingerprint density at radius 2 is 2.21 bits per heavy atom. The first kappa shape index (κ1) is 9.17. The van der Waals surface area contributed by atoms with E-state index in [0.29, 0.717) is 0 Å². The topological polar surface area (TPSA) is 61.8 Å². The van der Waals surface area contributed by atoms with E-state index in [1.54, 1.807) is 6.21 Å². The molecule has 0 radical (unpaired) electrons. The fourth-order valence-corrected chi connectivity index (χ4v) is 1.51. The molecule has 1 aliphatic heterocycles. The van der Waals surface area contributed by atoms with E-state index in [2.05, 4.69) is 5.10 Å². The molecule has 0 saturated carbocycles. The van der Waals surface area contributed by atoms with E-state index in [0.717, 1.165) is 11.0 Å². The molecular formula is C8H8BN3OS. The molecule has 14 heavy (non-hydrogen) atoms. The number of hydrazone groups is 1. The second-order valence-electron chi connectivity index (χ2n) is 2.93. The van der Waals surface area contributed by atoms with Crippen LogP contribution in [0, 0.1) is 0 Å². The standard InChI is InChI=1S/C8H8BN3OS/c10-8(14)12-9(13)7-4-2-1-3-6(7)5-11-12/h1-5,13H,(H2,10,14). The highest BCUT2D eigenvalue weighted by Gasteiger charge is 2.30. The van der Waals surface area contributed by atoms with Gasteiger partial charge in [-0.2, -0.15) is 5.10 Å². The summed E-state index contributed by atoms with van der Waals surface area (Å²) in [5.74, 6) is 0. The van der Waals surface area contributed by atoms with Crippen LogP contribution in [-0.2, 0) is 0 Å². The van der Waals surface area contributed by atoms with Gasteiger partial charge in [0.25, 0.3) is 0 Å². The van der Waals surface area contributed by atoms with Crippen LogP contribution in [0.15, 0.2) is 29.4 Å². The molecule has 1 aromatic carbocycles. The summed E-state index contributed by atoms with van der Waals surface area (Å²) in [5.41, 5.74) is 7.04. The van der Waals surface area contributed by atoms with Crippen LogP contribution < -0.4 is 11.2 Å². The smallest absolute Gasteiger partial charge is 0.427 e. The Kier molecular flexibility index (Phi) is 2.22. The van der Waals surface area contributed by atoms with Crippen molar-refractivity contribution in [2.24, 2.45) is 10.8 Å². The van der Waals surface area contributed by atoms with Crippen LogP contribution in [0.5, 0.6) is 0 Å². The highest BCUT2D eigenvalue weighted by atomic mass is 32.1. The molecular weight excluding hydrogens is 197 g/mol. The Morgan fingerprint density at radius 1 is 1.50 bits per heavy atom. The maximum absolute atomic E-state index is 9.84. The summed E-state index contributed by atoms with van der Waals surface area (Å²) in [6.45, 7) is 0. The summed E-state index contributed by atoms with van der Waals surface area (Å²) in [6.07, 6.45) is 1.63. The molecule has 0 fully saturated rings. The van der Waals surface area contributed by atoms with Crippen LogP contribution in [0.25, 0.3) is 0 Å². The van der Waals surface area contributed by atoms with Gasteiger partial charge < -0.3 is 10.8 Å². The van der Waals surface area contributed by atoms with Gasteiger partial charge in [0, 0.05) is 0 Å². The van der Waals surface area contributed by atoms with Gasteiger partial charge in [-0.3, -0.25) is 4.92 Å². The van der Waals surface area contributed by atoms with E-state index in [9.17, 15) is 5.02 Å². The lowest BCUT2D eigenvalue weighted by Gasteiger charge is -2.24. The Balaban J connectivity index is 2.44. The molecule has 1 heterocycles. The van der Waals surface area contributed by atoms with Gasteiger partial charge in [0.05, 0.1) is 6.21 Å². The van der Waals surface area contributed by atoms with Crippen molar-refractivity contribution >= 4 is 36.1 Å². The third-order valence-electron chi connectivity index (χ3n) is 2.05. The number of hydrogen-bond acceptors (Lipinski definition) is 3. The monoisotopic (exact) mass is 205 g/mol. The van der Waals surface area contributed by atoms with Gasteiger partial charge in [-0.05, 0) is 23.2 Å². The first-order valence-corrected chi connectivity index (χ1v) is 4.50. The van der Waals surface area contributed by atoms with E-state index < -0.39 is 7.05 Å². The molecule has 0 amide bonds. The van der Waals surface area contributed by atoms with Gasteiger partial charge in [-0.1, -0.05) is 24.3 Å². The summed E-state index contributed by atoms with van der Waals surface area (Å²) in [4.78, 5) is 1.21. The maximum atomic E-state index is 9.84. The maximum Gasteiger partial charge on any atom is 0.473 e. The van der Waals surface area contributed by atoms with Crippen LogP contribution in [0.3, 0.4) is 0 Å². The molecule has 6 heteroatoms. The van der Waals surface area contributed by atoms with E-state index in [4.69, 9.17) is 18.0 Å². The average molecular weight is 205 g/mol. The number of fused-ring (bicyclic) bond motifs is 1. The molecule has 0 unspecified atom stereocenters. The van der Waals surface area contributed by atoms with Gasteiger partial charge in [0.15, 0.2) is 5.11 Å². The zero-order valence-electron chi connectivity index (χ0n) is 7.29. The lowest BCUT2D eigenvalue weighted by Crippen LogP contribution is -2.53. The van der Waals surface area contributed by atoms with Crippen molar-refractivity contribution in [2.75, 3.05) is 0 Å². The molecule has 1 aliphatic rings. The van der Waals surface area contributed by atoms with E-state index in [1.165, 1.54) is 4.92 Å². The molecule has 70 valence electrons. The minimum Gasteiger partial charge on any atom is -0.427 e. The minimum absolute atomic E-state index is 0.0586. The summed E-state index contributed by atoms with van der Waals surface area (Å²) in [7, 11) is -0.881. The highest BCUT2D eigenvalue weighted by Crippen LogP contribution is 2.04. The average Bonchev–Trinajstić information content (AvgIpc) is 2.18. The lowest BCUT2D eigenvalue weighted by molar-refractivity contribution is 0.494. The lowest BCUT2D eigenvalue weighted by atomic mass is 9.70. The number of nitrogens with zero attached hydrogens (tertiary/aromatic N) is 2. The van der Waals surface area contributed by atoms with Crippen LogP contribution in [0.4, 0.5) is 0 Å². The predicted octanol–water partition coefficient (Wildman–Crippen LogP) is -0.733. The minimum atomic E-state index is -0.881. The van der Waals surface area contributed by atoms with Gasteiger partial charge >= 0.3 is 7.05 Å². The Hall–Kier alpha value is -1.40. The summed E-state index contributed by atoms with van der Waals surface area (Å²) < 4.78 is 0. The molecule has 4 nitrogen and oxygen atoms in total. The van der Waals surface area contributed by atoms with Gasteiger partial charge in [0.2, 0.25) is 0 Å². The van der Waals surface area contributed by atoms with Crippen LogP contribution in [0.1, 0.15) is 5.56 Å². The number of rotatable bonds is 0. The first-order valence-electron chi connectivity index (χ1n) is 4.10. The third kappa shape index (κ3) is 1.38. The number of benzene rings is 1. The second-order valence-corrected chi connectivity index (χ2v) is 3.35. The molecule has 0 saturated heterocycles. The normalized spacial score (nSPS) is 14.1. The Bertz CT molecular complexity index is 409. The largest absolute Gasteiger partial charge is 0.473 e. The van der Waals surface area contributed by atoms with Crippen molar-refractivity contribution in [3.63, 3.8) is 0 Å². The van der Waals surface area contributed by atoms with E-state index in [-0.39, 0.29) is 5.11 Å². The molecule has 1 aromatic rings. The van der Waals surface area contributed by atoms with Crippen LogP contribution in [0.2, 0.25) is 0 Å². The Labute approximate surface area is 87.2 Å². The van der Waals surface area contributed by atoms with E-state index >= 15 is 0 Å². The molecule has 2 rings (SSSR count). The number of hydrogen-bond donors (Lipinski definition) is 2. The molecule has 0 spiro atoms. The van der Waals surface area contributed by atoms with Crippen molar-refractivity contribution in [1.29, 1.82) is 0 Å². The van der Waals surface area contributed by atoms with Crippen molar-refractivity contribution < 1.29 is 5.02 Å². The number of thiocarbonyl (C=S) groups is 1. The number of nitrogens with two attached hydrogens (primary N) is 1. The fourth-order valence-electron chi connectivity index (χ4n) is 1.36. The molecule has 0 bridgehead atoms. The molecule has 0 aromatic heterocycles. The molecule has 3 N–H and O–H groups in total. The SMILES string of the molecule is NC(=S)N1N=Cc2ccccc2B1O. The quantitative estimate of drug-likeness (QED) is 0.433. The predicted molar refractivity (Wildman–Crippen MR) is 60.3 cm³/mol. The molecule has 0 atom stereocenters. The van der Waals surface area contributed by atoms with Crippen LogP contribution in [-0.4, -0.2) is 28.3 Å². The van der Waals surface area contributed by atoms with Crippen molar-refractivity contribution in [2.45, 2.75) is 0 Å².